The molecular formula is C8H6F5NO3. The van der Waals surface area contributed by atoms with Crippen molar-refractivity contribution in [3.63, 3.8) is 0 Å². The Morgan fingerprint density at radius 2 is 2.00 bits per heavy atom. The number of H-pyrrole nitrogens is 1. The smallest absolute Gasteiger partial charge is 0.391 e. The number of hydrogen-bond acceptors (Lipinski definition) is 3. The summed E-state index contributed by atoms with van der Waals surface area (Å²) in [4.78, 5) is 12.4. The third kappa shape index (κ3) is 3.41. The second-order valence-corrected chi connectivity index (χ2v) is 2.90. The molecule has 9 heteroatoms. The maximum absolute atomic E-state index is 12.4. The van der Waals surface area contributed by atoms with E-state index in [1.54, 1.807) is 4.98 Å². The van der Waals surface area contributed by atoms with E-state index in [0.717, 1.165) is 0 Å². The molecule has 0 unspecified atom stereocenters. The van der Waals surface area contributed by atoms with Crippen LogP contribution in [-0.2, 0) is 6.61 Å². The molecule has 0 saturated carbocycles. The van der Waals surface area contributed by atoms with Gasteiger partial charge in [0.25, 0.3) is 12.0 Å². The van der Waals surface area contributed by atoms with Crippen LogP contribution in [0.1, 0.15) is 17.6 Å². The normalized spacial score (nSPS) is 11.9. The quantitative estimate of drug-likeness (QED) is 0.812. The number of aliphatic hydroxyl groups is 1. The zero-order valence-electron chi connectivity index (χ0n) is 8.02. The highest BCUT2D eigenvalue weighted by atomic mass is 19.4. The molecular weight excluding hydrogens is 253 g/mol. The Labute approximate surface area is 90.6 Å². The largest absolute Gasteiger partial charge is 0.574 e. The lowest BCUT2D eigenvalue weighted by atomic mass is 10.1. The van der Waals surface area contributed by atoms with Crippen LogP contribution >= 0.6 is 0 Å². The highest BCUT2D eigenvalue weighted by Gasteiger charge is 2.33. The van der Waals surface area contributed by atoms with Crippen LogP contribution in [0.5, 0.6) is 5.88 Å². The molecule has 0 aliphatic rings. The van der Waals surface area contributed by atoms with E-state index >= 15 is 0 Å². The monoisotopic (exact) mass is 259 g/mol. The van der Waals surface area contributed by atoms with Gasteiger partial charge in [-0.3, -0.25) is 9.78 Å². The van der Waals surface area contributed by atoms with Crippen LogP contribution in [0.15, 0.2) is 10.9 Å². The summed E-state index contributed by atoms with van der Waals surface area (Å²) in [5, 5.41) is 8.73. The zero-order chi connectivity index (χ0) is 13.2. The summed E-state index contributed by atoms with van der Waals surface area (Å²) >= 11 is 0. The molecule has 0 aliphatic heterocycles. The van der Waals surface area contributed by atoms with Gasteiger partial charge in [0.1, 0.15) is 0 Å². The topological polar surface area (TPSA) is 62.3 Å². The maximum Gasteiger partial charge on any atom is 0.574 e. The van der Waals surface area contributed by atoms with Crippen LogP contribution in [0, 0.1) is 0 Å². The molecule has 2 N–H and O–H groups in total. The molecule has 96 valence electrons. The molecule has 0 amide bonds. The van der Waals surface area contributed by atoms with E-state index in [4.69, 9.17) is 5.11 Å². The fraction of sp³-hybridized carbons (Fsp3) is 0.375. The molecule has 0 fully saturated rings. The molecule has 1 rings (SSSR count). The number of aliphatic hydroxyl groups excluding tert-OH is 1. The number of rotatable bonds is 3. The second-order valence-electron chi connectivity index (χ2n) is 2.90. The van der Waals surface area contributed by atoms with Crippen molar-refractivity contribution in [2.45, 2.75) is 19.4 Å². The zero-order valence-corrected chi connectivity index (χ0v) is 8.02. The van der Waals surface area contributed by atoms with Crippen molar-refractivity contribution in [2.24, 2.45) is 0 Å². The molecule has 0 aliphatic carbocycles. The summed E-state index contributed by atoms with van der Waals surface area (Å²) < 4.78 is 63.9. The molecule has 4 nitrogen and oxygen atoms in total. The van der Waals surface area contributed by atoms with Crippen molar-refractivity contribution >= 4 is 0 Å². The number of hydrogen-bond donors (Lipinski definition) is 2. The average molecular weight is 259 g/mol. The second kappa shape index (κ2) is 4.70. The van der Waals surface area contributed by atoms with Crippen LogP contribution in [0.3, 0.4) is 0 Å². The number of pyridine rings is 1. The van der Waals surface area contributed by atoms with Gasteiger partial charge in [-0.2, -0.15) is 0 Å². The van der Waals surface area contributed by atoms with Crippen molar-refractivity contribution in [3.8, 4) is 5.88 Å². The van der Waals surface area contributed by atoms with Gasteiger partial charge in [-0.1, -0.05) is 0 Å². The van der Waals surface area contributed by atoms with Crippen molar-refractivity contribution in [2.75, 3.05) is 0 Å². The Morgan fingerprint density at radius 3 is 2.41 bits per heavy atom. The molecule has 0 bridgehead atoms. The first-order valence-electron chi connectivity index (χ1n) is 4.15. The Morgan fingerprint density at radius 1 is 1.41 bits per heavy atom. The SMILES string of the molecule is O=c1cc(C(F)F)c(CO)c(OC(F)(F)F)[nH]1. The van der Waals surface area contributed by atoms with Gasteiger partial charge >= 0.3 is 6.36 Å². The lowest BCUT2D eigenvalue weighted by Crippen LogP contribution is -2.22. The molecule has 1 heterocycles. The Bertz CT molecular complexity index is 453. The van der Waals surface area contributed by atoms with E-state index in [1.165, 1.54) is 0 Å². The summed E-state index contributed by atoms with van der Waals surface area (Å²) in [7, 11) is 0. The number of aromatic nitrogens is 1. The van der Waals surface area contributed by atoms with Gasteiger partial charge in [0, 0.05) is 17.2 Å². The third-order valence-electron chi connectivity index (χ3n) is 1.76. The number of ether oxygens (including phenoxy) is 1. The van der Waals surface area contributed by atoms with Gasteiger partial charge in [-0.25, -0.2) is 8.78 Å². The van der Waals surface area contributed by atoms with Crippen LogP contribution in [0.4, 0.5) is 22.0 Å². The van der Waals surface area contributed by atoms with E-state index in [1.807, 2.05) is 0 Å². The standard InChI is InChI=1S/C8H6F5NO3/c9-6(10)3-1-5(16)14-7(4(3)2-15)17-8(11,12)13/h1,6,15H,2H2,(H,14,16). The van der Waals surface area contributed by atoms with Gasteiger partial charge in [-0.15, -0.1) is 13.2 Å². The first-order chi connectivity index (χ1) is 7.74. The van der Waals surface area contributed by atoms with Crippen LogP contribution < -0.4 is 10.3 Å². The third-order valence-corrected chi connectivity index (χ3v) is 1.76. The van der Waals surface area contributed by atoms with Crippen molar-refractivity contribution in [1.82, 2.24) is 4.98 Å². The number of aromatic amines is 1. The van der Waals surface area contributed by atoms with Gasteiger partial charge in [0.2, 0.25) is 5.88 Å². The van der Waals surface area contributed by atoms with E-state index in [0.29, 0.717) is 6.07 Å². The summed E-state index contributed by atoms with van der Waals surface area (Å²) in [6, 6.07) is 0.402. The molecule has 0 spiro atoms. The van der Waals surface area contributed by atoms with E-state index in [2.05, 4.69) is 4.74 Å². The predicted octanol–water partition coefficient (Wildman–Crippen LogP) is 1.70. The first kappa shape index (κ1) is 13.4. The summed E-state index contributed by atoms with van der Waals surface area (Å²) in [5.74, 6) is -1.23. The maximum atomic E-state index is 12.4. The Hall–Kier alpha value is -1.64. The van der Waals surface area contributed by atoms with E-state index in [9.17, 15) is 26.7 Å². The number of halogens is 5. The Kier molecular flexibility index (Phi) is 3.71. The lowest BCUT2D eigenvalue weighted by molar-refractivity contribution is -0.276. The average Bonchev–Trinajstić information content (AvgIpc) is 2.14. The molecule has 0 saturated heterocycles. The molecule has 1 aromatic rings. The first-order valence-corrected chi connectivity index (χ1v) is 4.15. The van der Waals surface area contributed by atoms with Crippen LogP contribution in [0.2, 0.25) is 0 Å². The van der Waals surface area contributed by atoms with E-state index < -0.39 is 42.0 Å². The Balaban J connectivity index is 3.33. The van der Waals surface area contributed by atoms with Gasteiger partial charge < -0.3 is 9.84 Å². The van der Waals surface area contributed by atoms with E-state index in [-0.39, 0.29) is 0 Å². The molecule has 17 heavy (non-hydrogen) atoms. The fourth-order valence-electron chi connectivity index (χ4n) is 1.14. The minimum absolute atomic E-state index is 0.402. The van der Waals surface area contributed by atoms with Crippen molar-refractivity contribution in [1.29, 1.82) is 0 Å². The molecule has 1 aromatic heterocycles. The minimum atomic E-state index is -5.16. The van der Waals surface area contributed by atoms with Gasteiger partial charge in [0.15, 0.2) is 0 Å². The van der Waals surface area contributed by atoms with Crippen LogP contribution in [-0.4, -0.2) is 16.5 Å². The van der Waals surface area contributed by atoms with Gasteiger partial charge in [0.05, 0.1) is 6.61 Å². The fourth-order valence-corrected chi connectivity index (χ4v) is 1.14. The molecule has 0 aromatic carbocycles. The number of alkyl halides is 5. The highest BCUT2D eigenvalue weighted by molar-refractivity contribution is 5.34. The molecule has 0 radical (unpaired) electrons. The summed E-state index contributed by atoms with van der Waals surface area (Å²) in [6.07, 6.45) is -8.36. The predicted molar refractivity (Wildman–Crippen MR) is 44.6 cm³/mol. The summed E-state index contributed by atoms with van der Waals surface area (Å²) in [5.41, 5.74) is -3.00. The molecule has 0 atom stereocenters. The van der Waals surface area contributed by atoms with Crippen molar-refractivity contribution in [3.05, 3.63) is 27.5 Å². The lowest BCUT2D eigenvalue weighted by Gasteiger charge is -2.14. The summed E-state index contributed by atoms with van der Waals surface area (Å²) in [6.45, 7) is -1.12. The van der Waals surface area contributed by atoms with Crippen LogP contribution in [0.25, 0.3) is 0 Å². The minimum Gasteiger partial charge on any atom is -0.391 e. The van der Waals surface area contributed by atoms with Crippen molar-refractivity contribution < 1.29 is 31.8 Å². The van der Waals surface area contributed by atoms with Gasteiger partial charge in [-0.05, 0) is 0 Å². The number of nitrogens with one attached hydrogen (secondary N) is 1. The highest BCUT2D eigenvalue weighted by Crippen LogP contribution is 2.30.